The van der Waals surface area contributed by atoms with Crippen LogP contribution in [0.25, 0.3) is 0 Å². The Labute approximate surface area is 93.0 Å². The van der Waals surface area contributed by atoms with Gasteiger partial charge in [0.1, 0.15) is 5.01 Å². The first-order valence-corrected chi connectivity index (χ1v) is 5.88. The quantitative estimate of drug-likeness (QED) is 0.754. The summed E-state index contributed by atoms with van der Waals surface area (Å²) in [6, 6.07) is 0. The third-order valence-electron chi connectivity index (χ3n) is 2.09. The second kappa shape index (κ2) is 5.63. The molecule has 0 saturated carbocycles. The van der Waals surface area contributed by atoms with Crippen molar-refractivity contribution in [2.45, 2.75) is 19.5 Å². The second-order valence-corrected chi connectivity index (χ2v) is 4.24. The van der Waals surface area contributed by atoms with E-state index < -0.39 is 0 Å². The summed E-state index contributed by atoms with van der Waals surface area (Å²) in [6.07, 6.45) is 8.60. The van der Waals surface area contributed by atoms with Crippen molar-refractivity contribution in [2.75, 3.05) is 6.54 Å². The van der Waals surface area contributed by atoms with Crippen LogP contribution in [0, 0.1) is 0 Å². The van der Waals surface area contributed by atoms with Crippen LogP contribution in [0.3, 0.4) is 0 Å². The highest BCUT2D eigenvalue weighted by Crippen LogP contribution is 2.02. The van der Waals surface area contributed by atoms with Gasteiger partial charge in [0.05, 0.1) is 6.33 Å². The molecule has 0 aliphatic carbocycles. The zero-order valence-corrected chi connectivity index (χ0v) is 9.28. The van der Waals surface area contributed by atoms with E-state index in [9.17, 15) is 0 Å². The monoisotopic (exact) mass is 222 g/mol. The number of hydrogen-bond acceptors (Lipinski definition) is 4. The fourth-order valence-corrected chi connectivity index (χ4v) is 1.93. The lowest BCUT2D eigenvalue weighted by Gasteiger charge is -2.03. The van der Waals surface area contributed by atoms with Gasteiger partial charge >= 0.3 is 0 Å². The zero-order chi connectivity index (χ0) is 10.3. The molecule has 0 aliphatic rings. The Balaban J connectivity index is 1.56. The molecule has 0 aromatic carbocycles. The molecule has 2 heterocycles. The summed E-state index contributed by atoms with van der Waals surface area (Å²) in [4.78, 5) is 8.20. The first-order chi connectivity index (χ1) is 7.45. The van der Waals surface area contributed by atoms with Crippen LogP contribution < -0.4 is 5.32 Å². The lowest BCUT2D eigenvalue weighted by atomic mass is 10.4. The number of aryl methyl sites for hydroxylation is 1. The highest BCUT2D eigenvalue weighted by molar-refractivity contribution is 7.09. The molecule has 0 aliphatic heterocycles. The van der Waals surface area contributed by atoms with E-state index in [0.717, 1.165) is 31.1 Å². The Hall–Kier alpha value is -1.20. The van der Waals surface area contributed by atoms with Crippen LogP contribution >= 0.6 is 11.3 Å². The van der Waals surface area contributed by atoms with Gasteiger partial charge in [-0.25, -0.2) is 9.97 Å². The third-order valence-corrected chi connectivity index (χ3v) is 2.87. The molecule has 1 N–H and O–H groups in total. The van der Waals surface area contributed by atoms with E-state index in [1.807, 2.05) is 30.3 Å². The van der Waals surface area contributed by atoms with Gasteiger partial charge in [-0.05, 0) is 13.0 Å². The third kappa shape index (κ3) is 3.45. The molecule has 80 valence electrons. The van der Waals surface area contributed by atoms with E-state index in [1.165, 1.54) is 0 Å². The molecule has 0 amide bonds. The van der Waals surface area contributed by atoms with Gasteiger partial charge in [0.2, 0.25) is 0 Å². The maximum atomic E-state index is 4.20. The van der Waals surface area contributed by atoms with E-state index in [0.29, 0.717) is 0 Å². The second-order valence-electron chi connectivity index (χ2n) is 3.26. The Morgan fingerprint density at radius 2 is 2.40 bits per heavy atom. The van der Waals surface area contributed by atoms with E-state index in [1.54, 1.807) is 11.3 Å². The van der Waals surface area contributed by atoms with Crippen molar-refractivity contribution in [1.82, 2.24) is 19.9 Å². The topological polar surface area (TPSA) is 42.7 Å². The van der Waals surface area contributed by atoms with Gasteiger partial charge in [0.15, 0.2) is 0 Å². The molecule has 0 bridgehead atoms. The standard InChI is InChI=1S/C10H14N4S/c1(5-14-6-3-12-9-14)2-11-8-10-13-4-7-15-10/h3-4,6-7,9,11H,1-2,5,8H2. The van der Waals surface area contributed by atoms with Crippen LogP contribution in [0.1, 0.15) is 11.4 Å². The molecule has 0 saturated heterocycles. The molecular formula is C10H14N4S. The van der Waals surface area contributed by atoms with Crippen molar-refractivity contribution in [2.24, 2.45) is 0 Å². The molecule has 0 radical (unpaired) electrons. The lowest BCUT2D eigenvalue weighted by Crippen LogP contribution is -2.16. The largest absolute Gasteiger partial charge is 0.337 e. The Morgan fingerprint density at radius 3 is 3.13 bits per heavy atom. The maximum Gasteiger partial charge on any atom is 0.106 e. The average Bonchev–Trinajstić information content (AvgIpc) is 2.88. The van der Waals surface area contributed by atoms with Crippen LogP contribution in [-0.4, -0.2) is 21.1 Å². The van der Waals surface area contributed by atoms with E-state index in [-0.39, 0.29) is 0 Å². The summed E-state index contributed by atoms with van der Waals surface area (Å²) in [5.41, 5.74) is 0. The van der Waals surface area contributed by atoms with E-state index in [2.05, 4.69) is 19.9 Å². The molecule has 0 spiro atoms. The van der Waals surface area contributed by atoms with Crippen molar-refractivity contribution in [3.63, 3.8) is 0 Å². The molecule has 4 nitrogen and oxygen atoms in total. The minimum Gasteiger partial charge on any atom is -0.337 e. The summed E-state index contributed by atoms with van der Waals surface area (Å²) in [6.45, 7) is 2.91. The van der Waals surface area contributed by atoms with Crippen molar-refractivity contribution in [3.05, 3.63) is 35.3 Å². The first kappa shape index (κ1) is 10.3. The lowest BCUT2D eigenvalue weighted by molar-refractivity contribution is 0.580. The summed E-state index contributed by atoms with van der Waals surface area (Å²) in [5, 5.41) is 6.52. The Bertz CT molecular complexity index is 318. The molecule has 5 heteroatoms. The predicted molar refractivity (Wildman–Crippen MR) is 60.7 cm³/mol. The average molecular weight is 222 g/mol. The fourth-order valence-electron chi connectivity index (χ4n) is 1.34. The molecule has 2 aromatic heterocycles. The molecule has 15 heavy (non-hydrogen) atoms. The van der Waals surface area contributed by atoms with Gasteiger partial charge in [-0.2, -0.15) is 0 Å². The number of aromatic nitrogens is 3. The number of nitrogens with one attached hydrogen (secondary N) is 1. The number of nitrogens with zero attached hydrogens (tertiary/aromatic N) is 3. The predicted octanol–water partition coefficient (Wildman–Crippen LogP) is 1.52. The van der Waals surface area contributed by atoms with Crippen LogP contribution in [0.15, 0.2) is 30.3 Å². The number of imidazole rings is 1. The van der Waals surface area contributed by atoms with Gasteiger partial charge < -0.3 is 9.88 Å². The summed E-state index contributed by atoms with van der Waals surface area (Å²) < 4.78 is 2.09. The molecule has 0 unspecified atom stereocenters. The first-order valence-electron chi connectivity index (χ1n) is 5.00. The van der Waals surface area contributed by atoms with Crippen LogP contribution in [-0.2, 0) is 13.1 Å². The number of hydrogen-bond donors (Lipinski definition) is 1. The highest BCUT2D eigenvalue weighted by atomic mass is 32.1. The van der Waals surface area contributed by atoms with Gasteiger partial charge in [-0.1, -0.05) is 0 Å². The van der Waals surface area contributed by atoms with Crippen molar-refractivity contribution >= 4 is 11.3 Å². The summed E-state index contributed by atoms with van der Waals surface area (Å²) >= 11 is 1.69. The smallest absolute Gasteiger partial charge is 0.106 e. The molecular weight excluding hydrogens is 208 g/mol. The minimum atomic E-state index is 0.877. The van der Waals surface area contributed by atoms with Gasteiger partial charge in [-0.3, -0.25) is 0 Å². The van der Waals surface area contributed by atoms with Crippen molar-refractivity contribution < 1.29 is 0 Å². The summed E-state index contributed by atoms with van der Waals surface area (Å²) in [7, 11) is 0. The fraction of sp³-hybridized carbons (Fsp3) is 0.400. The van der Waals surface area contributed by atoms with E-state index >= 15 is 0 Å². The van der Waals surface area contributed by atoms with Gasteiger partial charge in [0.25, 0.3) is 0 Å². The SMILES string of the molecule is c1cn(CCCNCc2nccs2)cn1. The zero-order valence-electron chi connectivity index (χ0n) is 8.47. The van der Waals surface area contributed by atoms with Gasteiger partial charge in [0, 0.05) is 37.1 Å². The van der Waals surface area contributed by atoms with Crippen LogP contribution in [0.4, 0.5) is 0 Å². The molecule has 0 atom stereocenters. The maximum absolute atomic E-state index is 4.20. The minimum absolute atomic E-state index is 0.877. The van der Waals surface area contributed by atoms with Crippen molar-refractivity contribution in [3.8, 4) is 0 Å². The van der Waals surface area contributed by atoms with Crippen LogP contribution in [0.5, 0.6) is 0 Å². The van der Waals surface area contributed by atoms with Gasteiger partial charge in [-0.15, -0.1) is 11.3 Å². The molecule has 2 rings (SSSR count). The molecule has 0 fully saturated rings. The number of rotatable bonds is 6. The normalized spacial score (nSPS) is 10.7. The summed E-state index contributed by atoms with van der Waals surface area (Å²) in [5.74, 6) is 0. The van der Waals surface area contributed by atoms with Crippen molar-refractivity contribution in [1.29, 1.82) is 0 Å². The molecule has 2 aromatic rings. The number of thiazole rings is 1. The van der Waals surface area contributed by atoms with E-state index in [4.69, 9.17) is 0 Å². The Kier molecular flexibility index (Phi) is 3.87. The van der Waals surface area contributed by atoms with Crippen LogP contribution in [0.2, 0.25) is 0 Å². The highest BCUT2D eigenvalue weighted by Gasteiger charge is 1.94. The Morgan fingerprint density at radius 1 is 1.40 bits per heavy atom.